The van der Waals surface area contributed by atoms with Gasteiger partial charge in [0.1, 0.15) is 4.90 Å². The third-order valence-electron chi connectivity index (χ3n) is 2.95. The van der Waals surface area contributed by atoms with Gasteiger partial charge in [-0.2, -0.15) is 0 Å². The van der Waals surface area contributed by atoms with E-state index in [1.165, 1.54) is 33.1 Å². The predicted molar refractivity (Wildman–Crippen MR) is 82.3 cm³/mol. The second kappa shape index (κ2) is 6.95. The van der Waals surface area contributed by atoms with Gasteiger partial charge in [-0.3, -0.25) is 4.79 Å². The number of carboxylic acid groups (broad SMARTS) is 1. The molecule has 0 saturated heterocycles. The van der Waals surface area contributed by atoms with Crippen molar-refractivity contribution in [3.63, 3.8) is 0 Å². The summed E-state index contributed by atoms with van der Waals surface area (Å²) in [6.07, 6.45) is 0. The van der Waals surface area contributed by atoms with Crippen molar-refractivity contribution in [3.05, 3.63) is 21.6 Å². The fourth-order valence-corrected chi connectivity index (χ4v) is 4.27. The molecule has 0 aliphatic carbocycles. The van der Waals surface area contributed by atoms with Gasteiger partial charge < -0.3 is 9.84 Å². The Morgan fingerprint density at radius 1 is 1.43 bits per heavy atom. The lowest BCUT2D eigenvalue weighted by Crippen LogP contribution is -2.40. The summed E-state index contributed by atoms with van der Waals surface area (Å²) in [5.74, 6) is -1.88. The molecular formula is C12H15BrClNO5S. The predicted octanol–water partition coefficient (Wildman–Crippen LogP) is 2.50. The van der Waals surface area contributed by atoms with E-state index in [4.69, 9.17) is 21.4 Å². The van der Waals surface area contributed by atoms with E-state index in [1.807, 2.05) is 0 Å². The van der Waals surface area contributed by atoms with Crippen LogP contribution in [0.25, 0.3) is 0 Å². The number of carboxylic acids is 1. The van der Waals surface area contributed by atoms with Gasteiger partial charge in [-0.05, 0) is 35.0 Å². The van der Waals surface area contributed by atoms with Gasteiger partial charge in [0, 0.05) is 11.1 Å². The molecule has 1 aromatic carbocycles. The van der Waals surface area contributed by atoms with Crippen molar-refractivity contribution in [2.45, 2.75) is 24.8 Å². The largest absolute Gasteiger partial charge is 0.494 e. The Bertz CT molecular complexity index is 649. The lowest BCUT2D eigenvalue weighted by molar-refractivity contribution is -0.141. The SMILES string of the molecule is COc1c(Br)cc(Cl)cc1S(=O)(=O)NC(C)C(C)C(=O)O. The molecule has 2 unspecified atom stereocenters. The van der Waals surface area contributed by atoms with Crippen molar-refractivity contribution >= 4 is 43.5 Å². The highest BCUT2D eigenvalue weighted by Crippen LogP contribution is 2.35. The van der Waals surface area contributed by atoms with Crippen molar-refractivity contribution in [3.8, 4) is 5.75 Å². The van der Waals surface area contributed by atoms with Crippen molar-refractivity contribution in [1.82, 2.24) is 4.72 Å². The Hall–Kier alpha value is -0.830. The van der Waals surface area contributed by atoms with Gasteiger partial charge in [-0.1, -0.05) is 18.5 Å². The Balaban J connectivity index is 3.23. The number of hydrogen-bond acceptors (Lipinski definition) is 4. The molecule has 118 valence electrons. The first kappa shape index (κ1) is 18.2. The molecule has 9 heteroatoms. The van der Waals surface area contributed by atoms with Gasteiger partial charge in [-0.15, -0.1) is 0 Å². The number of hydrogen-bond donors (Lipinski definition) is 2. The van der Waals surface area contributed by atoms with Gasteiger partial charge in [0.15, 0.2) is 5.75 Å². The van der Waals surface area contributed by atoms with Gasteiger partial charge in [-0.25, -0.2) is 13.1 Å². The molecule has 0 fully saturated rings. The van der Waals surface area contributed by atoms with Crippen LogP contribution in [0.3, 0.4) is 0 Å². The third kappa shape index (κ3) is 4.32. The fourth-order valence-electron chi connectivity index (χ4n) is 1.56. The molecular weight excluding hydrogens is 386 g/mol. The maximum absolute atomic E-state index is 12.4. The van der Waals surface area contributed by atoms with Crippen LogP contribution < -0.4 is 9.46 Å². The van der Waals surface area contributed by atoms with E-state index < -0.39 is 28.0 Å². The minimum Gasteiger partial charge on any atom is -0.494 e. The van der Waals surface area contributed by atoms with Gasteiger partial charge in [0.2, 0.25) is 10.0 Å². The standard InChI is InChI=1S/C12H15BrClNO5S/c1-6(12(16)17)7(2)15-21(18,19)10-5-8(14)4-9(13)11(10)20-3/h4-7,15H,1-3H3,(H,16,17). The smallest absolute Gasteiger partial charge is 0.307 e. The van der Waals surface area contributed by atoms with E-state index >= 15 is 0 Å². The lowest BCUT2D eigenvalue weighted by Gasteiger charge is -2.19. The molecule has 0 heterocycles. The van der Waals surface area contributed by atoms with Gasteiger partial charge in [0.25, 0.3) is 0 Å². The normalized spacial score (nSPS) is 14.5. The molecule has 21 heavy (non-hydrogen) atoms. The molecule has 1 rings (SSSR count). The van der Waals surface area contributed by atoms with Crippen LogP contribution in [-0.2, 0) is 14.8 Å². The highest BCUT2D eigenvalue weighted by atomic mass is 79.9. The molecule has 0 aliphatic rings. The monoisotopic (exact) mass is 399 g/mol. The number of aliphatic carboxylic acids is 1. The zero-order valence-corrected chi connectivity index (χ0v) is 14.7. The number of ether oxygens (including phenoxy) is 1. The fraction of sp³-hybridized carbons (Fsp3) is 0.417. The zero-order chi connectivity index (χ0) is 16.4. The van der Waals surface area contributed by atoms with Crippen LogP contribution in [0, 0.1) is 5.92 Å². The zero-order valence-electron chi connectivity index (χ0n) is 11.6. The average Bonchev–Trinajstić information content (AvgIpc) is 2.36. The summed E-state index contributed by atoms with van der Waals surface area (Å²) < 4.78 is 32.5. The molecule has 1 aromatic rings. The van der Waals surface area contributed by atoms with Gasteiger partial charge >= 0.3 is 5.97 Å². The van der Waals surface area contributed by atoms with Crippen molar-refractivity contribution in [2.24, 2.45) is 5.92 Å². The summed E-state index contributed by atoms with van der Waals surface area (Å²) in [5.41, 5.74) is 0. The van der Waals surface area contributed by atoms with Crippen LogP contribution in [-0.4, -0.2) is 32.6 Å². The van der Waals surface area contributed by atoms with Crippen LogP contribution in [0.4, 0.5) is 0 Å². The van der Waals surface area contributed by atoms with Crippen molar-refractivity contribution in [2.75, 3.05) is 7.11 Å². The summed E-state index contributed by atoms with van der Waals surface area (Å²) >= 11 is 9.04. The molecule has 2 atom stereocenters. The van der Waals surface area contributed by atoms with E-state index in [2.05, 4.69) is 20.7 Å². The molecule has 0 saturated carbocycles. The van der Waals surface area contributed by atoms with E-state index in [0.717, 1.165) is 0 Å². The Kier molecular flexibility index (Phi) is 6.03. The molecule has 0 amide bonds. The minimum absolute atomic E-state index is 0.0991. The quantitative estimate of drug-likeness (QED) is 0.765. The number of rotatable bonds is 6. The van der Waals surface area contributed by atoms with Crippen LogP contribution >= 0.6 is 27.5 Å². The summed E-state index contributed by atoms with van der Waals surface area (Å²) in [6, 6.07) is 1.95. The third-order valence-corrected chi connectivity index (χ3v) is 5.32. The number of benzene rings is 1. The average molecular weight is 401 g/mol. The van der Waals surface area contributed by atoms with Crippen LogP contribution in [0.15, 0.2) is 21.5 Å². The summed E-state index contributed by atoms with van der Waals surface area (Å²) in [6.45, 7) is 2.89. The first-order valence-electron chi connectivity index (χ1n) is 5.88. The highest BCUT2D eigenvalue weighted by molar-refractivity contribution is 9.10. The summed E-state index contributed by atoms with van der Waals surface area (Å²) in [4.78, 5) is 10.7. The Labute approximate surface area is 136 Å². The molecule has 0 spiro atoms. The number of halogens is 2. The van der Waals surface area contributed by atoms with Crippen LogP contribution in [0.5, 0.6) is 5.75 Å². The van der Waals surface area contributed by atoms with E-state index in [-0.39, 0.29) is 15.7 Å². The topological polar surface area (TPSA) is 92.7 Å². The molecule has 0 radical (unpaired) electrons. The van der Waals surface area contributed by atoms with E-state index in [0.29, 0.717) is 4.47 Å². The van der Waals surface area contributed by atoms with E-state index in [1.54, 1.807) is 0 Å². The second-order valence-electron chi connectivity index (χ2n) is 4.46. The first-order valence-corrected chi connectivity index (χ1v) is 8.53. The van der Waals surface area contributed by atoms with Crippen LogP contribution in [0.2, 0.25) is 5.02 Å². The van der Waals surface area contributed by atoms with Crippen molar-refractivity contribution in [1.29, 1.82) is 0 Å². The lowest BCUT2D eigenvalue weighted by atomic mass is 10.1. The number of carbonyl (C=O) groups is 1. The van der Waals surface area contributed by atoms with E-state index in [9.17, 15) is 13.2 Å². The number of nitrogens with one attached hydrogen (secondary N) is 1. The van der Waals surface area contributed by atoms with Gasteiger partial charge in [0.05, 0.1) is 17.5 Å². The second-order valence-corrected chi connectivity index (χ2v) is 7.43. The van der Waals surface area contributed by atoms with Crippen molar-refractivity contribution < 1.29 is 23.1 Å². The molecule has 2 N–H and O–H groups in total. The van der Waals surface area contributed by atoms with Crippen LogP contribution in [0.1, 0.15) is 13.8 Å². The molecule has 6 nitrogen and oxygen atoms in total. The minimum atomic E-state index is -3.98. The highest BCUT2D eigenvalue weighted by Gasteiger charge is 2.28. The first-order chi connectivity index (χ1) is 9.60. The summed E-state index contributed by atoms with van der Waals surface area (Å²) in [7, 11) is -2.65. The molecule has 0 aliphatic heterocycles. The maximum Gasteiger partial charge on any atom is 0.307 e. The molecule has 0 bridgehead atoms. The molecule has 0 aromatic heterocycles. The number of methoxy groups -OCH3 is 1. The summed E-state index contributed by atoms with van der Waals surface area (Å²) in [5, 5.41) is 9.13. The maximum atomic E-state index is 12.4. The Morgan fingerprint density at radius 3 is 2.48 bits per heavy atom. The Morgan fingerprint density at radius 2 is 2.00 bits per heavy atom. The number of sulfonamides is 1.